The van der Waals surface area contributed by atoms with Gasteiger partial charge in [0.25, 0.3) is 0 Å². The van der Waals surface area contributed by atoms with Gasteiger partial charge in [-0.3, -0.25) is 0 Å². The minimum absolute atomic E-state index is 0. The molecule has 0 bridgehead atoms. The predicted octanol–water partition coefficient (Wildman–Crippen LogP) is 8.55. The third-order valence-electron chi connectivity index (χ3n) is 5.40. The largest absolute Gasteiger partial charge is 4.00 e. The molecule has 0 nitrogen and oxygen atoms in total. The van der Waals surface area contributed by atoms with E-state index in [1.807, 2.05) is 91.0 Å². The van der Waals surface area contributed by atoms with Crippen molar-refractivity contribution in [3.8, 4) is 0 Å². The Morgan fingerprint density at radius 1 is 0.469 bits per heavy atom. The van der Waals surface area contributed by atoms with Gasteiger partial charge in [0, 0.05) is 0 Å². The van der Waals surface area contributed by atoms with Crippen LogP contribution in [0.3, 0.4) is 0 Å². The molecule has 4 aromatic rings. The second-order valence-corrected chi connectivity index (χ2v) is 7.54. The smallest absolute Gasteiger partial charge is 0.214 e. The Morgan fingerprint density at radius 2 is 0.781 bits per heavy atom. The van der Waals surface area contributed by atoms with Crippen LogP contribution in [0.5, 0.6) is 0 Å². The fraction of sp³-hybridized carbons (Fsp3) is 0.161. The Labute approximate surface area is 212 Å². The fourth-order valence-corrected chi connectivity index (χ4v) is 2.85. The zero-order valence-electron chi connectivity index (χ0n) is 20.3. The van der Waals surface area contributed by atoms with Crippen LogP contribution in [0.1, 0.15) is 44.5 Å². The molecule has 0 spiro atoms. The van der Waals surface area contributed by atoms with Crippen LogP contribution in [-0.2, 0) is 21.7 Å². The first kappa shape index (κ1) is 29.3. The van der Waals surface area contributed by atoms with E-state index in [0.717, 1.165) is 11.1 Å². The second-order valence-electron chi connectivity index (χ2n) is 7.54. The average Bonchev–Trinajstić information content (AvgIpc) is 3.37. The Kier molecular flexibility index (Phi) is 14.7. The van der Waals surface area contributed by atoms with Crippen molar-refractivity contribution in [1.29, 1.82) is 0 Å². The van der Waals surface area contributed by atoms with E-state index in [4.69, 9.17) is 0 Å². The van der Waals surface area contributed by atoms with Gasteiger partial charge in [-0.15, -0.1) is 46.5 Å². The first-order valence-corrected chi connectivity index (χ1v) is 10.5. The molecule has 0 aliphatic heterocycles. The first-order chi connectivity index (χ1) is 14.8. The summed E-state index contributed by atoms with van der Waals surface area (Å²) >= 11 is 0. The van der Waals surface area contributed by atoms with E-state index < -0.39 is 0 Å². The van der Waals surface area contributed by atoms with Crippen molar-refractivity contribution in [2.24, 2.45) is 0 Å². The van der Waals surface area contributed by atoms with Gasteiger partial charge in [0.05, 0.1) is 0 Å². The minimum Gasteiger partial charge on any atom is -0.214 e. The summed E-state index contributed by atoms with van der Waals surface area (Å²) in [6.45, 7) is 22.4. The molecular weight excluding hydrogens is 420 g/mol. The van der Waals surface area contributed by atoms with Crippen LogP contribution in [0.4, 0.5) is 0 Å². The molecule has 4 aromatic carbocycles. The Balaban J connectivity index is 0.000000417. The molecule has 0 saturated carbocycles. The molecule has 164 valence electrons. The van der Waals surface area contributed by atoms with Gasteiger partial charge in [-0.2, -0.15) is 79.9 Å². The summed E-state index contributed by atoms with van der Waals surface area (Å²) in [5.74, 6) is 0. The molecule has 0 heterocycles. The van der Waals surface area contributed by atoms with E-state index in [1.54, 1.807) is 0 Å². The summed E-state index contributed by atoms with van der Waals surface area (Å²) in [5.41, 5.74) is 10.2. The summed E-state index contributed by atoms with van der Waals surface area (Å²) in [5, 5.41) is 0. The number of rotatable bonds is 0. The molecule has 0 N–H and O–H groups in total. The second kappa shape index (κ2) is 16.0. The number of benzene rings is 3. The monoisotopic (exact) mass is 456 g/mol. The van der Waals surface area contributed by atoms with E-state index in [9.17, 15) is 0 Å². The van der Waals surface area contributed by atoms with E-state index >= 15 is 0 Å². The predicted molar refractivity (Wildman–Crippen MR) is 138 cm³/mol. The molecule has 1 heteroatoms. The molecule has 0 amide bonds. The summed E-state index contributed by atoms with van der Waals surface area (Å²) in [7, 11) is 0. The van der Waals surface area contributed by atoms with Crippen molar-refractivity contribution in [1.82, 2.24) is 0 Å². The van der Waals surface area contributed by atoms with Crippen LogP contribution in [0.25, 0.3) is 0 Å². The molecule has 32 heavy (non-hydrogen) atoms. The maximum atomic E-state index is 4.08. The Morgan fingerprint density at radius 3 is 1.00 bits per heavy atom. The zero-order valence-corrected chi connectivity index (χ0v) is 21.8. The maximum absolute atomic E-state index is 4.08. The van der Waals surface area contributed by atoms with E-state index in [2.05, 4.69) is 55.4 Å². The fourth-order valence-electron chi connectivity index (χ4n) is 2.85. The van der Waals surface area contributed by atoms with E-state index in [-0.39, 0.29) is 21.7 Å². The van der Waals surface area contributed by atoms with Gasteiger partial charge >= 0.3 is 21.7 Å². The van der Waals surface area contributed by atoms with Crippen molar-refractivity contribution in [2.75, 3.05) is 0 Å². The molecule has 0 aliphatic rings. The van der Waals surface area contributed by atoms with Gasteiger partial charge in [-0.1, -0.05) is 45.4 Å². The summed E-state index contributed by atoms with van der Waals surface area (Å²) in [6.07, 6.45) is 0. The van der Waals surface area contributed by atoms with E-state index in [1.165, 1.54) is 33.4 Å². The van der Waals surface area contributed by atoms with Crippen molar-refractivity contribution < 1.29 is 21.7 Å². The summed E-state index contributed by atoms with van der Waals surface area (Å²) in [4.78, 5) is 0. The topological polar surface area (TPSA) is 0 Å². The van der Waals surface area contributed by atoms with Gasteiger partial charge in [0.2, 0.25) is 0 Å². The molecule has 0 radical (unpaired) electrons. The van der Waals surface area contributed by atoms with E-state index in [0.29, 0.717) is 0 Å². The van der Waals surface area contributed by atoms with Crippen LogP contribution in [-0.4, -0.2) is 0 Å². The van der Waals surface area contributed by atoms with Crippen molar-refractivity contribution in [3.05, 3.63) is 156 Å². The van der Waals surface area contributed by atoms with Crippen LogP contribution in [0, 0.1) is 55.4 Å². The third kappa shape index (κ3) is 10.6. The number of hydrogen-bond acceptors (Lipinski definition) is 0. The van der Waals surface area contributed by atoms with Gasteiger partial charge in [0.15, 0.2) is 0 Å². The van der Waals surface area contributed by atoms with Crippen LogP contribution >= 0.6 is 0 Å². The molecular formula is C31H36Ti. The molecule has 0 saturated heterocycles. The standard InChI is InChI=1S/C12H17.2C7H7.C5H5.Ti/c1-7-8(2)10(4)12(6)11(5)9(7)3;2*1-7-5-3-2-4-6-7;1-2-4-5-3-1;/h1H2,2-6H3;2*2-6H,1H2;1-5H;/q4*-1;+4. The van der Waals surface area contributed by atoms with Gasteiger partial charge < -0.3 is 0 Å². The van der Waals surface area contributed by atoms with Crippen LogP contribution in [0.15, 0.2) is 91.0 Å². The normalized spacial score (nSPS) is 8.91. The van der Waals surface area contributed by atoms with Crippen molar-refractivity contribution in [2.45, 2.75) is 34.6 Å². The van der Waals surface area contributed by atoms with Crippen LogP contribution in [0.2, 0.25) is 0 Å². The molecule has 0 aromatic heterocycles. The number of hydrogen-bond donors (Lipinski definition) is 0. The summed E-state index contributed by atoms with van der Waals surface area (Å²) in [6, 6.07) is 29.7. The Hall–Kier alpha value is -2.67. The molecule has 0 atom stereocenters. The maximum Gasteiger partial charge on any atom is 4.00 e. The van der Waals surface area contributed by atoms with Gasteiger partial charge in [0.1, 0.15) is 0 Å². The van der Waals surface area contributed by atoms with Gasteiger partial charge in [-0.25, -0.2) is 12.1 Å². The van der Waals surface area contributed by atoms with Gasteiger partial charge in [-0.05, 0) is 6.92 Å². The molecule has 0 fully saturated rings. The molecule has 4 rings (SSSR count). The zero-order chi connectivity index (χ0) is 23.2. The molecule has 0 unspecified atom stereocenters. The van der Waals surface area contributed by atoms with Crippen molar-refractivity contribution in [3.63, 3.8) is 0 Å². The average molecular weight is 456 g/mol. The van der Waals surface area contributed by atoms with Crippen molar-refractivity contribution >= 4 is 0 Å². The quantitative estimate of drug-likeness (QED) is 0.184. The SMILES string of the molecule is [CH2-]c1c(C)c(C)c(C)c(C)c1C.[CH2-]c1ccccc1.[CH2-]c1ccccc1.[Ti+4].c1cc[cH-]c1. The van der Waals surface area contributed by atoms with Crippen LogP contribution < -0.4 is 0 Å². The third-order valence-corrected chi connectivity index (χ3v) is 5.40. The summed E-state index contributed by atoms with van der Waals surface area (Å²) < 4.78 is 0. The first-order valence-electron chi connectivity index (χ1n) is 10.5. The Bertz CT molecular complexity index is 822. The molecule has 0 aliphatic carbocycles. The minimum atomic E-state index is 0.